The Bertz CT molecular complexity index is 1280. The number of aromatic nitrogens is 2. The van der Waals surface area contributed by atoms with Gasteiger partial charge < -0.3 is 9.84 Å². The van der Waals surface area contributed by atoms with Crippen LogP contribution in [-0.4, -0.2) is 33.9 Å². The number of aromatic hydroxyl groups is 1. The maximum atomic E-state index is 13.2. The molecule has 0 fully saturated rings. The maximum Gasteiger partial charge on any atom is 0.263 e. The monoisotopic (exact) mass is 518 g/mol. The molecule has 1 aromatic carbocycles. The number of methoxy groups -OCH3 is 1. The van der Waals surface area contributed by atoms with Crippen molar-refractivity contribution in [1.29, 1.82) is 0 Å². The average molecular weight is 519 g/mol. The number of benzene rings is 1. The summed E-state index contributed by atoms with van der Waals surface area (Å²) < 4.78 is 6.91. The molecular formula is C22H23BrN4O4S. The summed E-state index contributed by atoms with van der Waals surface area (Å²) in [6, 6.07) is 2.44. The quantitative estimate of drug-likeness (QED) is 0.395. The van der Waals surface area contributed by atoms with Crippen molar-refractivity contribution in [2.24, 2.45) is 11.0 Å². The molecule has 2 heterocycles. The van der Waals surface area contributed by atoms with Gasteiger partial charge in [-0.3, -0.25) is 14.2 Å². The second kappa shape index (κ2) is 9.03. The summed E-state index contributed by atoms with van der Waals surface area (Å²) in [6.07, 6.45) is 5.76. The van der Waals surface area contributed by atoms with E-state index in [1.807, 2.05) is 0 Å². The van der Waals surface area contributed by atoms with Crippen LogP contribution in [0.3, 0.4) is 0 Å². The summed E-state index contributed by atoms with van der Waals surface area (Å²) in [5.41, 5.74) is 3.97. The number of hydrazone groups is 1. The van der Waals surface area contributed by atoms with E-state index in [1.54, 1.807) is 30.4 Å². The molecule has 1 aliphatic carbocycles. The third-order valence-corrected chi connectivity index (χ3v) is 7.46. The Kier molecular flexibility index (Phi) is 6.34. The van der Waals surface area contributed by atoms with Gasteiger partial charge in [0.25, 0.3) is 11.5 Å². The summed E-state index contributed by atoms with van der Waals surface area (Å²) in [7, 11) is 1.44. The summed E-state index contributed by atoms with van der Waals surface area (Å²) in [4.78, 5) is 32.3. The van der Waals surface area contributed by atoms with E-state index in [4.69, 9.17) is 4.74 Å². The predicted octanol–water partition coefficient (Wildman–Crippen LogP) is 3.77. The number of nitrogens with zero attached hydrogens (tertiary/aromatic N) is 3. The minimum absolute atomic E-state index is 0.0188. The third kappa shape index (κ3) is 4.16. The molecule has 0 radical (unpaired) electrons. The first-order valence-corrected chi connectivity index (χ1v) is 11.8. The molecular weight excluding hydrogens is 496 g/mol. The molecule has 3 aromatic rings. The van der Waals surface area contributed by atoms with Crippen LogP contribution in [0, 0.1) is 5.92 Å². The van der Waals surface area contributed by atoms with Gasteiger partial charge in [0.15, 0.2) is 11.5 Å². The highest BCUT2D eigenvalue weighted by atomic mass is 79.9. The number of carbonyl (C=O) groups excluding carboxylic acids is 1. The molecule has 10 heteroatoms. The molecule has 0 aliphatic heterocycles. The second-order valence-corrected chi connectivity index (χ2v) is 9.89. The van der Waals surface area contributed by atoms with E-state index in [2.05, 4.69) is 38.4 Å². The minimum Gasteiger partial charge on any atom is -0.503 e. The molecule has 0 saturated carbocycles. The zero-order valence-corrected chi connectivity index (χ0v) is 20.3. The molecule has 4 rings (SSSR count). The van der Waals surface area contributed by atoms with Crippen LogP contribution in [0.25, 0.3) is 10.2 Å². The Morgan fingerprint density at radius 2 is 2.28 bits per heavy atom. The van der Waals surface area contributed by atoms with Gasteiger partial charge in [-0.15, -0.1) is 11.3 Å². The number of aryl methyl sites for hydroxylation is 1. The van der Waals surface area contributed by atoms with Gasteiger partial charge in [-0.1, -0.05) is 6.92 Å². The van der Waals surface area contributed by atoms with Crippen molar-refractivity contribution in [1.82, 2.24) is 15.0 Å². The van der Waals surface area contributed by atoms with Crippen molar-refractivity contribution in [2.45, 2.75) is 39.2 Å². The molecule has 2 N–H and O–H groups in total. The number of hydrogen-bond acceptors (Lipinski definition) is 7. The van der Waals surface area contributed by atoms with Gasteiger partial charge in [-0.2, -0.15) is 5.10 Å². The number of halogens is 1. The van der Waals surface area contributed by atoms with Gasteiger partial charge in [0, 0.05) is 4.88 Å². The number of amides is 1. The molecule has 0 unspecified atom stereocenters. The van der Waals surface area contributed by atoms with Crippen molar-refractivity contribution >= 4 is 49.6 Å². The third-order valence-electron chi connectivity index (χ3n) is 5.70. The van der Waals surface area contributed by atoms with E-state index in [9.17, 15) is 14.7 Å². The number of rotatable bonds is 5. The molecule has 2 atom stereocenters. The smallest absolute Gasteiger partial charge is 0.263 e. The topological polar surface area (TPSA) is 106 Å². The summed E-state index contributed by atoms with van der Waals surface area (Å²) >= 11 is 4.83. The fraction of sp³-hybridized carbons (Fsp3) is 0.364. The zero-order valence-electron chi connectivity index (χ0n) is 17.9. The molecule has 0 saturated heterocycles. The predicted molar refractivity (Wildman–Crippen MR) is 128 cm³/mol. The highest BCUT2D eigenvalue weighted by molar-refractivity contribution is 9.10. The van der Waals surface area contributed by atoms with E-state index in [0.717, 1.165) is 29.7 Å². The van der Waals surface area contributed by atoms with E-state index in [-0.39, 0.29) is 17.1 Å². The fourth-order valence-corrected chi connectivity index (χ4v) is 5.63. The van der Waals surface area contributed by atoms with Crippen molar-refractivity contribution in [3.63, 3.8) is 0 Å². The number of nitrogens with one attached hydrogen (secondary N) is 1. The lowest BCUT2D eigenvalue weighted by atomic mass is 9.89. The molecule has 168 valence electrons. The number of hydrogen-bond donors (Lipinski definition) is 2. The lowest BCUT2D eigenvalue weighted by Crippen LogP contribution is -2.34. The summed E-state index contributed by atoms with van der Waals surface area (Å²) in [5, 5.41) is 14.5. The van der Waals surface area contributed by atoms with Crippen molar-refractivity contribution in [3.05, 3.63) is 49.3 Å². The number of phenols is 1. The summed E-state index contributed by atoms with van der Waals surface area (Å²) in [5.74, 6) is 0.427. The molecule has 0 bridgehead atoms. The van der Waals surface area contributed by atoms with Crippen LogP contribution in [0.4, 0.5) is 0 Å². The van der Waals surface area contributed by atoms with Crippen LogP contribution >= 0.6 is 27.3 Å². The lowest BCUT2D eigenvalue weighted by molar-refractivity contribution is -0.123. The van der Waals surface area contributed by atoms with Crippen LogP contribution in [0.1, 0.15) is 42.3 Å². The van der Waals surface area contributed by atoms with E-state index >= 15 is 0 Å². The van der Waals surface area contributed by atoms with Gasteiger partial charge in [-0.05, 0) is 71.3 Å². The Hall–Kier alpha value is -2.72. The van der Waals surface area contributed by atoms with Crippen molar-refractivity contribution < 1.29 is 14.6 Å². The first-order valence-electron chi connectivity index (χ1n) is 10.2. The fourth-order valence-electron chi connectivity index (χ4n) is 3.83. The zero-order chi connectivity index (χ0) is 23.0. The number of phenolic OH excluding ortho intramolecular Hbond substituents is 1. The SMILES string of the molecule is COc1cc(/C=N/NC(=O)[C@H](C)n2cnc3sc4c(c3c2=O)CC[C@@H](C)C4)cc(Br)c1O. The first kappa shape index (κ1) is 22.5. The standard InChI is InChI=1S/C22H23BrN4O4S/c1-11-4-5-14-17(6-11)32-21-18(14)22(30)27(10-24-21)12(2)20(29)26-25-9-13-7-15(23)19(28)16(8-13)31-3/h7-12,28H,4-6H2,1-3H3,(H,26,29)/b25-9+/t11-,12+/m1/s1. The van der Waals surface area contributed by atoms with Gasteiger partial charge in [-0.25, -0.2) is 10.4 Å². The molecule has 1 amide bonds. The molecule has 32 heavy (non-hydrogen) atoms. The maximum absolute atomic E-state index is 13.2. The van der Waals surface area contributed by atoms with E-state index in [0.29, 0.717) is 21.3 Å². The molecule has 1 aliphatic rings. The largest absolute Gasteiger partial charge is 0.503 e. The van der Waals surface area contributed by atoms with E-state index < -0.39 is 11.9 Å². The van der Waals surface area contributed by atoms with Crippen LogP contribution < -0.4 is 15.7 Å². The van der Waals surface area contributed by atoms with Gasteiger partial charge in [0.1, 0.15) is 10.9 Å². The highest BCUT2D eigenvalue weighted by Gasteiger charge is 2.25. The first-order chi connectivity index (χ1) is 15.3. The number of carbonyl (C=O) groups is 1. The Morgan fingerprint density at radius 1 is 1.50 bits per heavy atom. The van der Waals surface area contributed by atoms with Crippen LogP contribution in [0.15, 0.2) is 32.8 Å². The van der Waals surface area contributed by atoms with E-state index in [1.165, 1.54) is 29.1 Å². The summed E-state index contributed by atoms with van der Waals surface area (Å²) in [6.45, 7) is 3.86. The Labute approximate surface area is 197 Å². The van der Waals surface area contributed by atoms with Gasteiger partial charge in [0.2, 0.25) is 0 Å². The normalized spacial score (nSPS) is 16.8. The number of thiophene rings is 1. The number of fused-ring (bicyclic) bond motifs is 3. The Balaban J connectivity index is 1.54. The molecule has 0 spiro atoms. The lowest BCUT2D eigenvalue weighted by Gasteiger charge is -2.18. The van der Waals surface area contributed by atoms with Crippen LogP contribution in [0.5, 0.6) is 11.5 Å². The van der Waals surface area contributed by atoms with Crippen molar-refractivity contribution in [2.75, 3.05) is 7.11 Å². The van der Waals surface area contributed by atoms with Crippen molar-refractivity contribution in [3.8, 4) is 11.5 Å². The van der Waals surface area contributed by atoms with Gasteiger partial charge >= 0.3 is 0 Å². The van der Waals surface area contributed by atoms with Crippen LogP contribution in [0.2, 0.25) is 0 Å². The number of ether oxygens (including phenoxy) is 1. The second-order valence-electron chi connectivity index (χ2n) is 7.95. The van der Waals surface area contributed by atoms with Gasteiger partial charge in [0.05, 0.1) is 29.5 Å². The molecule has 2 aromatic heterocycles. The minimum atomic E-state index is -0.782. The Morgan fingerprint density at radius 3 is 3.03 bits per heavy atom. The molecule has 8 nitrogen and oxygen atoms in total. The van der Waals surface area contributed by atoms with Crippen LogP contribution in [-0.2, 0) is 17.6 Å². The average Bonchev–Trinajstić information content (AvgIpc) is 3.14. The highest BCUT2D eigenvalue weighted by Crippen LogP contribution is 2.36.